The van der Waals surface area contributed by atoms with E-state index in [4.69, 9.17) is 33.2 Å². The Kier molecular flexibility index (Phi) is 8.72. The summed E-state index contributed by atoms with van der Waals surface area (Å²) in [7, 11) is 8.40. The van der Waals surface area contributed by atoms with E-state index >= 15 is 0 Å². The Morgan fingerprint density at radius 2 is 1.34 bits per heavy atom. The maximum atomic E-state index is 13.6. The number of fused-ring (bicyclic) bond motifs is 1. The van der Waals surface area contributed by atoms with Crippen molar-refractivity contribution >= 4 is 22.7 Å². The van der Waals surface area contributed by atoms with Gasteiger partial charge in [0.1, 0.15) is 17.9 Å². The van der Waals surface area contributed by atoms with Crippen LogP contribution in [-0.4, -0.2) is 59.7 Å². The molecule has 214 valence electrons. The summed E-state index contributed by atoms with van der Waals surface area (Å²) in [6.45, 7) is -0.0985. The van der Waals surface area contributed by atoms with Crippen LogP contribution in [0.5, 0.6) is 34.5 Å². The van der Waals surface area contributed by atoms with E-state index in [-0.39, 0.29) is 51.3 Å². The van der Waals surface area contributed by atoms with E-state index in [0.29, 0.717) is 22.6 Å². The molecule has 10 nitrogen and oxygen atoms in total. The van der Waals surface area contributed by atoms with Gasteiger partial charge in [-0.1, -0.05) is 36.4 Å². The molecule has 0 aliphatic carbocycles. The molecular formula is C31H30O10. The summed E-state index contributed by atoms with van der Waals surface area (Å²) < 4.78 is 38.4. The Bertz CT molecular complexity index is 1590. The van der Waals surface area contributed by atoms with Gasteiger partial charge in [0.15, 0.2) is 23.0 Å². The number of ether oxygens (including phenoxy) is 7. The topological polar surface area (TPSA) is 119 Å². The van der Waals surface area contributed by atoms with Gasteiger partial charge in [0, 0.05) is 16.3 Å². The number of phenolic OH excluding ortho intramolecular Hbond substituents is 1. The zero-order valence-corrected chi connectivity index (χ0v) is 23.5. The standard InChI is InChI=1S/C31H30O10/c1-35-20-13-12-18(14-21(20)36-2)23-24-19(15-22(37-3)28(38-4)29(24)39-5)27(32)26(25(23)30(33)40-6)31(34)41-16-17-10-8-7-9-11-17/h7-15,32H,16H2,1-6H3. The number of rotatable bonds is 10. The second-order valence-electron chi connectivity index (χ2n) is 8.66. The maximum absolute atomic E-state index is 13.6. The summed E-state index contributed by atoms with van der Waals surface area (Å²) in [5, 5.41) is 12.0. The summed E-state index contributed by atoms with van der Waals surface area (Å²) in [5.74, 6) is -0.987. The molecular weight excluding hydrogens is 532 g/mol. The number of phenols is 1. The Balaban J connectivity index is 2.16. The second-order valence-corrected chi connectivity index (χ2v) is 8.66. The molecule has 0 aromatic heterocycles. The minimum Gasteiger partial charge on any atom is -0.506 e. The molecule has 0 atom stereocenters. The Morgan fingerprint density at radius 3 is 1.93 bits per heavy atom. The third kappa shape index (κ3) is 5.23. The van der Waals surface area contributed by atoms with Crippen LogP contribution in [0.2, 0.25) is 0 Å². The molecule has 0 bridgehead atoms. The zero-order valence-electron chi connectivity index (χ0n) is 23.5. The van der Waals surface area contributed by atoms with E-state index in [1.807, 2.05) is 6.07 Å². The van der Waals surface area contributed by atoms with Gasteiger partial charge in [0.25, 0.3) is 0 Å². The number of carbonyl (C=O) groups excluding carboxylic acids is 2. The van der Waals surface area contributed by atoms with Gasteiger partial charge in [0.05, 0.1) is 48.2 Å². The predicted octanol–water partition coefficient (Wildman–Crippen LogP) is 5.40. The van der Waals surface area contributed by atoms with Gasteiger partial charge in [-0.25, -0.2) is 9.59 Å². The van der Waals surface area contributed by atoms with Crippen molar-refractivity contribution in [3.63, 3.8) is 0 Å². The zero-order chi connectivity index (χ0) is 29.7. The third-order valence-corrected chi connectivity index (χ3v) is 6.55. The second kappa shape index (κ2) is 12.4. The molecule has 0 amide bonds. The highest BCUT2D eigenvalue weighted by atomic mass is 16.5. The number of esters is 2. The van der Waals surface area contributed by atoms with Gasteiger partial charge >= 0.3 is 11.9 Å². The third-order valence-electron chi connectivity index (χ3n) is 6.55. The molecule has 0 saturated heterocycles. The highest BCUT2D eigenvalue weighted by Crippen LogP contribution is 2.52. The van der Waals surface area contributed by atoms with E-state index in [9.17, 15) is 14.7 Å². The average molecular weight is 563 g/mol. The molecule has 0 radical (unpaired) electrons. The van der Waals surface area contributed by atoms with Gasteiger partial charge < -0.3 is 38.3 Å². The Labute approximate surface area is 236 Å². The summed E-state index contributed by atoms with van der Waals surface area (Å²) >= 11 is 0. The molecule has 4 rings (SSSR count). The van der Waals surface area contributed by atoms with E-state index < -0.39 is 17.7 Å². The lowest BCUT2D eigenvalue weighted by atomic mass is 9.87. The predicted molar refractivity (Wildman–Crippen MR) is 151 cm³/mol. The fraction of sp³-hybridized carbons (Fsp3) is 0.226. The highest BCUT2D eigenvalue weighted by Gasteiger charge is 2.34. The molecule has 0 fully saturated rings. The largest absolute Gasteiger partial charge is 0.506 e. The van der Waals surface area contributed by atoms with E-state index in [0.717, 1.165) is 0 Å². The number of aromatic hydroxyl groups is 1. The molecule has 0 spiro atoms. The summed E-state index contributed by atoms with van der Waals surface area (Å²) in [4.78, 5) is 27.1. The molecule has 0 saturated carbocycles. The maximum Gasteiger partial charge on any atom is 0.343 e. The fourth-order valence-corrected chi connectivity index (χ4v) is 4.67. The molecule has 1 N–H and O–H groups in total. The first kappa shape index (κ1) is 28.9. The number of methoxy groups -OCH3 is 6. The minimum absolute atomic E-state index is 0.0985. The van der Waals surface area contributed by atoms with Crippen LogP contribution in [0.4, 0.5) is 0 Å². The summed E-state index contributed by atoms with van der Waals surface area (Å²) in [5.41, 5.74) is 0.715. The SMILES string of the molecule is COC(=O)c1c(C(=O)OCc2ccccc2)c(O)c2cc(OC)c(OC)c(OC)c2c1-c1ccc(OC)c(OC)c1. The van der Waals surface area contributed by atoms with E-state index in [2.05, 4.69) is 0 Å². The van der Waals surface area contributed by atoms with Crippen molar-refractivity contribution in [3.8, 4) is 45.6 Å². The fourth-order valence-electron chi connectivity index (χ4n) is 4.67. The molecule has 0 aliphatic rings. The Hall–Kier alpha value is -5.12. The molecule has 0 heterocycles. The van der Waals surface area contributed by atoms with Crippen molar-refractivity contribution in [2.45, 2.75) is 6.61 Å². The quantitative estimate of drug-likeness (QED) is 0.252. The van der Waals surface area contributed by atoms with Crippen molar-refractivity contribution in [3.05, 3.63) is 71.3 Å². The number of hydrogen-bond acceptors (Lipinski definition) is 10. The molecule has 41 heavy (non-hydrogen) atoms. The lowest BCUT2D eigenvalue weighted by Crippen LogP contribution is -2.16. The van der Waals surface area contributed by atoms with Crippen LogP contribution in [-0.2, 0) is 16.1 Å². The molecule has 0 unspecified atom stereocenters. The van der Waals surface area contributed by atoms with E-state index in [1.165, 1.54) is 48.7 Å². The van der Waals surface area contributed by atoms with Crippen molar-refractivity contribution in [2.75, 3.05) is 42.7 Å². The minimum atomic E-state index is -0.941. The van der Waals surface area contributed by atoms with E-state index in [1.54, 1.807) is 42.5 Å². The average Bonchev–Trinajstić information content (AvgIpc) is 3.02. The number of hydrogen-bond donors (Lipinski definition) is 1. The molecule has 10 heteroatoms. The van der Waals surface area contributed by atoms with Crippen molar-refractivity contribution in [2.24, 2.45) is 0 Å². The number of carbonyl (C=O) groups is 2. The lowest BCUT2D eigenvalue weighted by molar-refractivity contribution is 0.0454. The molecule has 4 aromatic rings. The first-order chi connectivity index (χ1) is 19.8. The number of benzene rings is 4. The normalized spacial score (nSPS) is 10.6. The van der Waals surface area contributed by atoms with Gasteiger partial charge in [-0.3, -0.25) is 0 Å². The van der Waals surface area contributed by atoms with Gasteiger partial charge in [-0.05, 0) is 29.3 Å². The van der Waals surface area contributed by atoms with Crippen molar-refractivity contribution in [1.29, 1.82) is 0 Å². The van der Waals surface area contributed by atoms with Crippen LogP contribution in [0.25, 0.3) is 21.9 Å². The molecule has 0 aliphatic heterocycles. The lowest BCUT2D eigenvalue weighted by Gasteiger charge is -2.22. The van der Waals surface area contributed by atoms with Crippen LogP contribution in [0.15, 0.2) is 54.6 Å². The van der Waals surface area contributed by atoms with Crippen LogP contribution >= 0.6 is 0 Å². The van der Waals surface area contributed by atoms with Crippen LogP contribution in [0.1, 0.15) is 26.3 Å². The first-order valence-electron chi connectivity index (χ1n) is 12.4. The van der Waals surface area contributed by atoms with Crippen molar-refractivity contribution < 1.29 is 47.9 Å². The highest BCUT2D eigenvalue weighted by molar-refractivity contribution is 6.20. The monoisotopic (exact) mass is 562 g/mol. The van der Waals surface area contributed by atoms with Crippen LogP contribution in [0, 0.1) is 0 Å². The van der Waals surface area contributed by atoms with Crippen LogP contribution < -0.4 is 23.7 Å². The van der Waals surface area contributed by atoms with Crippen LogP contribution in [0.3, 0.4) is 0 Å². The smallest absolute Gasteiger partial charge is 0.343 e. The Morgan fingerprint density at radius 1 is 0.683 bits per heavy atom. The summed E-state index contributed by atoms with van der Waals surface area (Å²) in [6, 6.07) is 15.5. The van der Waals surface area contributed by atoms with Gasteiger partial charge in [-0.15, -0.1) is 0 Å². The van der Waals surface area contributed by atoms with Gasteiger partial charge in [-0.2, -0.15) is 0 Å². The first-order valence-corrected chi connectivity index (χ1v) is 12.4. The summed E-state index contributed by atoms with van der Waals surface area (Å²) in [6.07, 6.45) is 0. The van der Waals surface area contributed by atoms with Crippen molar-refractivity contribution in [1.82, 2.24) is 0 Å². The molecule has 4 aromatic carbocycles. The van der Waals surface area contributed by atoms with Gasteiger partial charge in [0.2, 0.25) is 5.75 Å².